The largest absolute Gasteiger partial charge is 0.508 e. The second kappa shape index (κ2) is 4.77. The summed E-state index contributed by atoms with van der Waals surface area (Å²) in [5, 5.41) is 21.5. The fourth-order valence-corrected chi connectivity index (χ4v) is 2.23. The fraction of sp³-hybridized carbons (Fsp3) is 0.133. The Bertz CT molecular complexity index is 651. The topological polar surface area (TPSA) is 78.8 Å². The van der Waals surface area contributed by atoms with E-state index in [-0.39, 0.29) is 17.4 Å². The molecule has 0 radical (unpaired) electrons. The highest BCUT2D eigenvalue weighted by molar-refractivity contribution is 5.88. The van der Waals surface area contributed by atoms with Gasteiger partial charge in [-0.1, -0.05) is 0 Å². The van der Waals surface area contributed by atoms with E-state index >= 15 is 0 Å². The molecule has 5 heteroatoms. The van der Waals surface area contributed by atoms with Crippen molar-refractivity contribution in [2.75, 3.05) is 11.9 Å². The number of nitrogens with one attached hydrogen (secondary N) is 1. The van der Waals surface area contributed by atoms with Gasteiger partial charge in [-0.05, 0) is 36.4 Å². The molecule has 0 spiro atoms. The van der Waals surface area contributed by atoms with Gasteiger partial charge in [0.1, 0.15) is 18.1 Å². The van der Waals surface area contributed by atoms with E-state index in [4.69, 9.17) is 9.84 Å². The van der Waals surface area contributed by atoms with Gasteiger partial charge in [-0.3, -0.25) is 0 Å². The van der Waals surface area contributed by atoms with Crippen LogP contribution in [0.1, 0.15) is 22.0 Å². The van der Waals surface area contributed by atoms with E-state index in [2.05, 4.69) is 5.32 Å². The van der Waals surface area contributed by atoms with E-state index in [0.29, 0.717) is 12.4 Å². The first-order valence-electron chi connectivity index (χ1n) is 6.19. The summed E-state index contributed by atoms with van der Waals surface area (Å²) in [6, 6.07) is 11.6. The van der Waals surface area contributed by atoms with E-state index in [0.717, 1.165) is 11.3 Å². The van der Waals surface area contributed by atoms with Gasteiger partial charge < -0.3 is 20.3 Å². The second-order valence-corrected chi connectivity index (χ2v) is 4.61. The van der Waals surface area contributed by atoms with Crippen LogP contribution in [-0.4, -0.2) is 22.8 Å². The first-order chi connectivity index (χ1) is 9.63. The Labute approximate surface area is 115 Å². The molecule has 0 aliphatic carbocycles. The first kappa shape index (κ1) is 12.3. The number of ether oxygens (including phenoxy) is 1. The zero-order valence-electron chi connectivity index (χ0n) is 10.5. The van der Waals surface area contributed by atoms with Crippen molar-refractivity contribution >= 4 is 11.7 Å². The Morgan fingerprint density at radius 1 is 1.20 bits per heavy atom. The number of aromatic hydroxyl groups is 1. The Balaban J connectivity index is 1.78. The number of carboxylic acid groups (broad SMARTS) is 1. The highest BCUT2D eigenvalue weighted by Gasteiger charge is 2.24. The van der Waals surface area contributed by atoms with E-state index in [1.165, 1.54) is 0 Å². The molecular formula is C15H13NO4. The van der Waals surface area contributed by atoms with Gasteiger partial charge in [-0.2, -0.15) is 0 Å². The quantitative estimate of drug-likeness (QED) is 0.799. The van der Waals surface area contributed by atoms with E-state index in [9.17, 15) is 9.90 Å². The van der Waals surface area contributed by atoms with Crippen LogP contribution in [0.3, 0.4) is 0 Å². The minimum absolute atomic E-state index is 0.0127. The minimum atomic E-state index is -0.943. The standard InChI is InChI=1S/C15H13NO4/c17-11-5-6-12-13(8-20-14(12)7-11)16-10-3-1-9(2-4-10)15(18)19/h1-7,13,16-17H,8H2,(H,18,19). The van der Waals surface area contributed by atoms with Crippen molar-refractivity contribution in [3.63, 3.8) is 0 Å². The van der Waals surface area contributed by atoms with Crippen molar-refractivity contribution in [3.05, 3.63) is 53.6 Å². The number of carboxylic acids is 1. The summed E-state index contributed by atoms with van der Waals surface area (Å²) in [5.74, 6) is -0.0959. The van der Waals surface area contributed by atoms with Gasteiger partial charge in [0.15, 0.2) is 0 Å². The van der Waals surface area contributed by atoms with Crippen molar-refractivity contribution in [1.29, 1.82) is 0 Å². The molecule has 3 rings (SSSR count). The van der Waals surface area contributed by atoms with Gasteiger partial charge in [0.2, 0.25) is 0 Å². The summed E-state index contributed by atoms with van der Waals surface area (Å²) in [5.41, 5.74) is 2.05. The third kappa shape index (κ3) is 2.25. The molecule has 0 saturated carbocycles. The Kier molecular flexibility index (Phi) is 2.95. The number of anilines is 1. The lowest BCUT2D eigenvalue weighted by atomic mass is 10.1. The summed E-state index contributed by atoms with van der Waals surface area (Å²) >= 11 is 0. The van der Waals surface area contributed by atoms with Crippen LogP contribution in [0.4, 0.5) is 5.69 Å². The van der Waals surface area contributed by atoms with Gasteiger partial charge in [-0.25, -0.2) is 4.79 Å². The summed E-state index contributed by atoms with van der Waals surface area (Å²) in [4.78, 5) is 10.8. The molecule has 2 aromatic rings. The number of rotatable bonds is 3. The van der Waals surface area contributed by atoms with E-state index in [1.54, 1.807) is 36.4 Å². The number of hydrogen-bond acceptors (Lipinski definition) is 4. The molecule has 1 heterocycles. The van der Waals surface area contributed by atoms with E-state index < -0.39 is 5.97 Å². The van der Waals surface area contributed by atoms with Crippen molar-refractivity contribution in [3.8, 4) is 11.5 Å². The predicted molar refractivity (Wildman–Crippen MR) is 73.4 cm³/mol. The molecular weight excluding hydrogens is 258 g/mol. The van der Waals surface area contributed by atoms with Gasteiger partial charge in [0.05, 0.1) is 11.6 Å². The number of carbonyl (C=O) groups is 1. The zero-order chi connectivity index (χ0) is 14.1. The maximum absolute atomic E-state index is 10.8. The summed E-state index contributed by atoms with van der Waals surface area (Å²) in [7, 11) is 0. The molecule has 1 unspecified atom stereocenters. The molecule has 102 valence electrons. The monoisotopic (exact) mass is 271 g/mol. The van der Waals surface area contributed by atoms with Crippen LogP contribution >= 0.6 is 0 Å². The van der Waals surface area contributed by atoms with Crippen molar-refractivity contribution in [1.82, 2.24) is 0 Å². The van der Waals surface area contributed by atoms with Gasteiger partial charge in [0.25, 0.3) is 0 Å². The summed E-state index contributed by atoms with van der Waals surface area (Å²) in [6.45, 7) is 0.472. The number of aromatic carboxylic acids is 1. The van der Waals surface area contributed by atoms with Crippen LogP contribution in [0.2, 0.25) is 0 Å². The molecule has 0 bridgehead atoms. The van der Waals surface area contributed by atoms with E-state index in [1.807, 2.05) is 6.07 Å². The normalized spacial score (nSPS) is 16.3. The van der Waals surface area contributed by atoms with Crippen LogP contribution in [0.25, 0.3) is 0 Å². The smallest absolute Gasteiger partial charge is 0.335 e. The molecule has 1 aliphatic rings. The number of benzene rings is 2. The lowest BCUT2D eigenvalue weighted by Gasteiger charge is -2.13. The molecule has 0 fully saturated rings. The number of phenols is 1. The molecule has 1 aliphatic heterocycles. The van der Waals surface area contributed by atoms with Crippen molar-refractivity contribution in [2.24, 2.45) is 0 Å². The van der Waals surface area contributed by atoms with Crippen LogP contribution < -0.4 is 10.1 Å². The highest BCUT2D eigenvalue weighted by atomic mass is 16.5. The molecule has 1 atom stereocenters. The average Bonchev–Trinajstić information content (AvgIpc) is 2.81. The Hall–Kier alpha value is -2.69. The lowest BCUT2D eigenvalue weighted by molar-refractivity contribution is 0.0697. The minimum Gasteiger partial charge on any atom is -0.508 e. The molecule has 2 aromatic carbocycles. The molecule has 20 heavy (non-hydrogen) atoms. The summed E-state index contributed by atoms with van der Waals surface area (Å²) in [6.07, 6.45) is 0. The van der Waals surface area contributed by atoms with Gasteiger partial charge in [0, 0.05) is 17.3 Å². The second-order valence-electron chi connectivity index (χ2n) is 4.61. The highest BCUT2D eigenvalue weighted by Crippen LogP contribution is 2.36. The Morgan fingerprint density at radius 2 is 1.95 bits per heavy atom. The molecule has 0 aromatic heterocycles. The predicted octanol–water partition coefficient (Wildman–Crippen LogP) is 2.64. The maximum atomic E-state index is 10.8. The zero-order valence-corrected chi connectivity index (χ0v) is 10.5. The van der Waals surface area contributed by atoms with Crippen molar-refractivity contribution in [2.45, 2.75) is 6.04 Å². The number of phenolic OH excluding ortho intramolecular Hbond substituents is 1. The SMILES string of the molecule is O=C(O)c1ccc(NC2COc3cc(O)ccc32)cc1. The lowest BCUT2D eigenvalue weighted by Crippen LogP contribution is -2.12. The molecule has 3 N–H and O–H groups in total. The third-order valence-corrected chi connectivity index (χ3v) is 3.25. The van der Waals surface area contributed by atoms with Gasteiger partial charge >= 0.3 is 5.97 Å². The average molecular weight is 271 g/mol. The Morgan fingerprint density at radius 3 is 2.65 bits per heavy atom. The van der Waals surface area contributed by atoms with Crippen LogP contribution in [0.15, 0.2) is 42.5 Å². The fourth-order valence-electron chi connectivity index (χ4n) is 2.23. The number of fused-ring (bicyclic) bond motifs is 1. The summed E-state index contributed by atoms with van der Waals surface area (Å²) < 4.78 is 5.51. The third-order valence-electron chi connectivity index (χ3n) is 3.25. The van der Waals surface area contributed by atoms with Crippen LogP contribution in [0, 0.1) is 0 Å². The van der Waals surface area contributed by atoms with Gasteiger partial charge in [-0.15, -0.1) is 0 Å². The molecule has 5 nitrogen and oxygen atoms in total. The number of hydrogen-bond donors (Lipinski definition) is 3. The molecule has 0 amide bonds. The van der Waals surface area contributed by atoms with Crippen molar-refractivity contribution < 1.29 is 19.7 Å². The first-order valence-corrected chi connectivity index (χ1v) is 6.19. The van der Waals surface area contributed by atoms with Crippen LogP contribution in [0.5, 0.6) is 11.5 Å². The maximum Gasteiger partial charge on any atom is 0.335 e. The van der Waals surface area contributed by atoms with Crippen LogP contribution in [-0.2, 0) is 0 Å². The molecule has 0 saturated heterocycles.